The zero-order valence-electron chi connectivity index (χ0n) is 10.9. The molecule has 1 saturated heterocycles. The highest BCUT2D eigenvalue weighted by atomic mass is 35.5. The Morgan fingerprint density at radius 1 is 1.42 bits per heavy atom. The van der Waals surface area contributed by atoms with Gasteiger partial charge >= 0.3 is 0 Å². The maximum absolute atomic E-state index is 12.7. The molecular formula is C14H18Cl2N2O. The first-order chi connectivity index (χ1) is 9.04. The number of likely N-dealkylation sites (tertiary alicyclic amines) is 1. The summed E-state index contributed by atoms with van der Waals surface area (Å²) in [4.78, 5) is 14.5. The first-order valence-electron chi connectivity index (χ1n) is 6.52. The molecular weight excluding hydrogens is 283 g/mol. The predicted octanol–water partition coefficient (Wildman–Crippen LogP) is 3.34. The highest BCUT2D eigenvalue weighted by Crippen LogP contribution is 2.28. The van der Waals surface area contributed by atoms with Crippen LogP contribution in [0.1, 0.15) is 36.5 Å². The normalized spacial score (nSPS) is 23.5. The van der Waals surface area contributed by atoms with E-state index in [-0.39, 0.29) is 18.0 Å². The third-order valence-corrected chi connectivity index (χ3v) is 4.24. The Hall–Kier alpha value is -0.770. The second-order valence-corrected chi connectivity index (χ2v) is 5.85. The number of rotatable bonds is 2. The Kier molecular flexibility index (Phi) is 4.71. The second-order valence-electron chi connectivity index (χ2n) is 5.01. The van der Waals surface area contributed by atoms with E-state index in [0.29, 0.717) is 22.2 Å². The van der Waals surface area contributed by atoms with E-state index in [1.54, 1.807) is 18.2 Å². The smallest absolute Gasteiger partial charge is 0.255 e. The monoisotopic (exact) mass is 300 g/mol. The lowest BCUT2D eigenvalue weighted by Gasteiger charge is -2.40. The SMILES string of the molecule is CC1CCCC(CN)N1C(=O)c1ccc(Cl)cc1Cl. The Morgan fingerprint density at radius 3 is 2.79 bits per heavy atom. The summed E-state index contributed by atoms with van der Waals surface area (Å²) in [7, 11) is 0. The number of piperidine rings is 1. The molecule has 0 aliphatic carbocycles. The van der Waals surface area contributed by atoms with Crippen LogP contribution >= 0.6 is 23.2 Å². The maximum Gasteiger partial charge on any atom is 0.255 e. The minimum atomic E-state index is -0.0516. The quantitative estimate of drug-likeness (QED) is 0.910. The number of hydrogen-bond acceptors (Lipinski definition) is 2. The van der Waals surface area contributed by atoms with E-state index >= 15 is 0 Å². The van der Waals surface area contributed by atoms with E-state index in [1.165, 1.54) is 0 Å². The Bertz CT molecular complexity index is 479. The standard InChI is InChI=1S/C14H18Cl2N2O/c1-9-3-2-4-11(8-17)18(9)14(19)12-6-5-10(15)7-13(12)16/h5-7,9,11H,2-4,8,17H2,1H3. The van der Waals surface area contributed by atoms with Crippen molar-refractivity contribution in [3.8, 4) is 0 Å². The number of carbonyl (C=O) groups excluding carboxylic acids is 1. The van der Waals surface area contributed by atoms with Gasteiger partial charge in [0.25, 0.3) is 5.91 Å². The van der Waals surface area contributed by atoms with Crippen LogP contribution in [0.25, 0.3) is 0 Å². The van der Waals surface area contributed by atoms with Crippen molar-refractivity contribution in [2.75, 3.05) is 6.54 Å². The zero-order valence-corrected chi connectivity index (χ0v) is 12.4. The molecule has 2 N–H and O–H groups in total. The molecule has 2 rings (SSSR count). The first kappa shape index (κ1) is 14.6. The summed E-state index contributed by atoms with van der Waals surface area (Å²) >= 11 is 12.0. The van der Waals surface area contributed by atoms with Gasteiger partial charge in [0, 0.05) is 23.7 Å². The van der Waals surface area contributed by atoms with Crippen molar-refractivity contribution in [2.24, 2.45) is 5.73 Å². The lowest BCUT2D eigenvalue weighted by molar-refractivity contribution is 0.0494. The molecule has 1 fully saturated rings. The van der Waals surface area contributed by atoms with Crippen LogP contribution in [0.3, 0.4) is 0 Å². The van der Waals surface area contributed by atoms with Crippen molar-refractivity contribution in [3.63, 3.8) is 0 Å². The van der Waals surface area contributed by atoms with Crippen molar-refractivity contribution < 1.29 is 4.79 Å². The lowest BCUT2D eigenvalue weighted by atomic mass is 9.95. The Balaban J connectivity index is 2.30. The molecule has 0 spiro atoms. The zero-order chi connectivity index (χ0) is 14.0. The molecule has 1 aromatic rings. The summed E-state index contributed by atoms with van der Waals surface area (Å²) in [5.41, 5.74) is 6.28. The third-order valence-electron chi connectivity index (χ3n) is 3.70. The average molecular weight is 301 g/mol. The number of nitrogens with two attached hydrogens (primary N) is 1. The fourth-order valence-electron chi connectivity index (χ4n) is 2.69. The molecule has 2 unspecified atom stereocenters. The van der Waals surface area contributed by atoms with Crippen LogP contribution in [0.15, 0.2) is 18.2 Å². The number of benzene rings is 1. The van der Waals surface area contributed by atoms with Crippen LogP contribution in [-0.4, -0.2) is 29.4 Å². The van der Waals surface area contributed by atoms with Crippen LogP contribution in [0.4, 0.5) is 0 Å². The summed E-state index contributed by atoms with van der Waals surface area (Å²) in [6.45, 7) is 2.55. The highest BCUT2D eigenvalue weighted by Gasteiger charge is 2.32. The molecule has 0 saturated carbocycles. The van der Waals surface area contributed by atoms with E-state index in [0.717, 1.165) is 19.3 Å². The highest BCUT2D eigenvalue weighted by molar-refractivity contribution is 6.36. The second kappa shape index (κ2) is 6.12. The molecule has 3 nitrogen and oxygen atoms in total. The Labute approximate surface area is 123 Å². The number of carbonyl (C=O) groups is 1. The van der Waals surface area contributed by atoms with Crippen molar-refractivity contribution >= 4 is 29.1 Å². The molecule has 104 valence electrons. The fourth-order valence-corrected chi connectivity index (χ4v) is 3.18. The van der Waals surface area contributed by atoms with Gasteiger partial charge < -0.3 is 10.6 Å². The van der Waals surface area contributed by atoms with Gasteiger partial charge in [0.1, 0.15) is 0 Å². The average Bonchev–Trinajstić information content (AvgIpc) is 2.37. The molecule has 2 atom stereocenters. The molecule has 1 aliphatic heterocycles. The van der Waals surface area contributed by atoms with E-state index in [2.05, 4.69) is 6.92 Å². The molecule has 0 aromatic heterocycles. The molecule has 19 heavy (non-hydrogen) atoms. The van der Waals surface area contributed by atoms with Crippen LogP contribution in [0, 0.1) is 0 Å². The van der Waals surface area contributed by atoms with Crippen molar-refractivity contribution in [3.05, 3.63) is 33.8 Å². The molecule has 0 radical (unpaired) electrons. The first-order valence-corrected chi connectivity index (χ1v) is 7.28. The van der Waals surface area contributed by atoms with Gasteiger partial charge in [-0.25, -0.2) is 0 Å². The minimum Gasteiger partial charge on any atom is -0.332 e. The van der Waals surface area contributed by atoms with Gasteiger partial charge in [-0.3, -0.25) is 4.79 Å². The van der Waals surface area contributed by atoms with Gasteiger partial charge in [-0.05, 0) is 44.4 Å². The van der Waals surface area contributed by atoms with Gasteiger partial charge in [-0.2, -0.15) is 0 Å². The van der Waals surface area contributed by atoms with Gasteiger partial charge in [0.15, 0.2) is 0 Å². The Morgan fingerprint density at radius 2 is 2.16 bits per heavy atom. The predicted molar refractivity (Wildman–Crippen MR) is 78.8 cm³/mol. The van der Waals surface area contributed by atoms with Crippen molar-refractivity contribution in [1.29, 1.82) is 0 Å². The number of halogens is 2. The van der Waals surface area contributed by atoms with Crippen LogP contribution in [0.2, 0.25) is 10.0 Å². The van der Waals surface area contributed by atoms with Crippen molar-refractivity contribution in [1.82, 2.24) is 4.90 Å². The van der Waals surface area contributed by atoms with Crippen LogP contribution in [-0.2, 0) is 0 Å². The summed E-state index contributed by atoms with van der Waals surface area (Å²) in [5.74, 6) is -0.0516. The van der Waals surface area contributed by atoms with Crippen LogP contribution in [0.5, 0.6) is 0 Å². The maximum atomic E-state index is 12.7. The summed E-state index contributed by atoms with van der Waals surface area (Å²) in [6.07, 6.45) is 3.08. The van der Waals surface area contributed by atoms with Gasteiger partial charge in [0.2, 0.25) is 0 Å². The third kappa shape index (κ3) is 3.04. The van der Waals surface area contributed by atoms with E-state index < -0.39 is 0 Å². The largest absolute Gasteiger partial charge is 0.332 e. The van der Waals surface area contributed by atoms with Gasteiger partial charge in [0.05, 0.1) is 10.6 Å². The van der Waals surface area contributed by atoms with Gasteiger partial charge in [-0.15, -0.1) is 0 Å². The number of nitrogens with zero attached hydrogens (tertiary/aromatic N) is 1. The van der Waals surface area contributed by atoms with E-state index in [9.17, 15) is 4.79 Å². The molecule has 1 aromatic carbocycles. The summed E-state index contributed by atoms with van der Waals surface area (Å²) in [5, 5.41) is 0.926. The van der Waals surface area contributed by atoms with E-state index in [4.69, 9.17) is 28.9 Å². The van der Waals surface area contributed by atoms with Gasteiger partial charge in [-0.1, -0.05) is 23.2 Å². The topological polar surface area (TPSA) is 46.3 Å². The summed E-state index contributed by atoms with van der Waals surface area (Å²) in [6, 6.07) is 5.27. The van der Waals surface area contributed by atoms with Crippen LogP contribution < -0.4 is 5.73 Å². The number of hydrogen-bond donors (Lipinski definition) is 1. The van der Waals surface area contributed by atoms with E-state index in [1.807, 2.05) is 4.90 Å². The molecule has 1 aliphatic rings. The summed E-state index contributed by atoms with van der Waals surface area (Å²) < 4.78 is 0. The molecule has 5 heteroatoms. The lowest BCUT2D eigenvalue weighted by Crippen LogP contribution is -2.51. The number of amides is 1. The molecule has 1 amide bonds. The fraction of sp³-hybridized carbons (Fsp3) is 0.500. The minimum absolute atomic E-state index is 0.0516. The van der Waals surface area contributed by atoms with Crippen molar-refractivity contribution in [2.45, 2.75) is 38.3 Å². The molecule has 0 bridgehead atoms. The molecule has 1 heterocycles.